The zero-order valence-corrected chi connectivity index (χ0v) is 45.9. The van der Waals surface area contributed by atoms with Crippen molar-refractivity contribution in [1.29, 1.82) is 0 Å². The van der Waals surface area contributed by atoms with Crippen molar-refractivity contribution in [1.82, 2.24) is 0 Å². The van der Waals surface area contributed by atoms with E-state index in [0.717, 1.165) is 37.7 Å². The summed E-state index contributed by atoms with van der Waals surface area (Å²) >= 11 is 1.96. The molecule has 0 atom stereocenters. The van der Waals surface area contributed by atoms with Crippen LogP contribution in [0.5, 0.6) is 0 Å². The number of hydrogen-bond donors (Lipinski definition) is 1. The van der Waals surface area contributed by atoms with Crippen molar-refractivity contribution in [3.63, 3.8) is 0 Å². The molecular weight excluding hydrogens is 892 g/mol. The maximum Gasteiger partial charge on any atom is 0.199 e. The van der Waals surface area contributed by atoms with Crippen LogP contribution in [0.15, 0.2) is 114 Å². The van der Waals surface area contributed by atoms with Gasteiger partial charge in [-0.25, -0.2) is 0 Å². The molecule has 364 valence electrons. The molecule has 3 nitrogen and oxygen atoms in total. The summed E-state index contributed by atoms with van der Waals surface area (Å²) < 4.78 is 9.43. The SMILES string of the molecule is Cc1cc2c(cc1N1c3ccc4oc5ccccc5c4c3Bc3c(-c4cc5c(cc4Nc4ccc6c(c4)C(C)(C)CCC6(C)C)C(C)(C)CCC5(C)C)cc4c(sc5ccccc54)c31)C(C)(C)CCC2(C)C. The first-order valence-electron chi connectivity index (χ1n) is 27.0. The fourth-order valence-corrected chi connectivity index (χ4v) is 15.3. The Morgan fingerprint density at radius 1 is 0.486 bits per heavy atom. The first kappa shape index (κ1) is 46.0. The highest BCUT2D eigenvalue weighted by molar-refractivity contribution is 7.26. The van der Waals surface area contributed by atoms with Gasteiger partial charge >= 0.3 is 0 Å². The highest BCUT2D eigenvalue weighted by atomic mass is 32.1. The van der Waals surface area contributed by atoms with Crippen molar-refractivity contribution < 1.29 is 4.42 Å². The van der Waals surface area contributed by atoms with E-state index in [1.165, 1.54) is 140 Å². The molecule has 0 amide bonds. The number of benzene rings is 7. The van der Waals surface area contributed by atoms with Crippen molar-refractivity contribution >= 4 is 100 Å². The largest absolute Gasteiger partial charge is 0.456 e. The number of anilines is 5. The van der Waals surface area contributed by atoms with Gasteiger partial charge in [0.2, 0.25) is 0 Å². The molecule has 1 aliphatic heterocycles. The van der Waals surface area contributed by atoms with Crippen LogP contribution in [0.2, 0.25) is 0 Å². The molecule has 0 spiro atoms. The van der Waals surface area contributed by atoms with Gasteiger partial charge < -0.3 is 14.6 Å². The maximum atomic E-state index is 6.75. The Balaban J connectivity index is 1.15. The number of thiophene rings is 1. The Morgan fingerprint density at radius 3 is 1.74 bits per heavy atom. The van der Waals surface area contributed by atoms with Crippen LogP contribution in [0.4, 0.5) is 28.4 Å². The van der Waals surface area contributed by atoms with Crippen molar-refractivity contribution in [2.45, 2.75) is 161 Å². The molecule has 4 aliphatic rings. The van der Waals surface area contributed by atoms with Crippen molar-refractivity contribution in [2.24, 2.45) is 0 Å². The number of aryl methyl sites for hydroxylation is 1. The van der Waals surface area contributed by atoms with E-state index in [4.69, 9.17) is 4.42 Å². The van der Waals surface area contributed by atoms with Gasteiger partial charge in [0.15, 0.2) is 7.28 Å². The van der Waals surface area contributed by atoms with Gasteiger partial charge in [0.1, 0.15) is 11.2 Å². The lowest BCUT2D eigenvalue weighted by molar-refractivity contribution is 0.332. The van der Waals surface area contributed by atoms with E-state index in [2.05, 4.69) is 209 Å². The van der Waals surface area contributed by atoms with Gasteiger partial charge in [0.05, 0.1) is 10.4 Å². The average molecular weight is 963 g/mol. The van der Waals surface area contributed by atoms with Gasteiger partial charge in [0.25, 0.3) is 0 Å². The highest BCUT2D eigenvalue weighted by Crippen LogP contribution is 2.55. The number of hydrogen-bond acceptors (Lipinski definition) is 4. The van der Waals surface area contributed by atoms with E-state index in [0.29, 0.717) is 0 Å². The lowest BCUT2D eigenvalue weighted by Gasteiger charge is -2.44. The van der Waals surface area contributed by atoms with E-state index in [1.807, 2.05) is 11.3 Å². The Labute approximate surface area is 432 Å². The third-order valence-electron chi connectivity index (χ3n) is 19.0. The summed E-state index contributed by atoms with van der Waals surface area (Å²) in [6.45, 7) is 31.9. The zero-order valence-electron chi connectivity index (χ0n) is 45.1. The van der Waals surface area contributed by atoms with Crippen LogP contribution in [-0.4, -0.2) is 7.28 Å². The highest BCUT2D eigenvalue weighted by Gasteiger charge is 2.43. The molecule has 0 saturated carbocycles. The Hall–Kier alpha value is -5.78. The van der Waals surface area contributed by atoms with Crippen LogP contribution in [0.3, 0.4) is 0 Å². The predicted octanol–water partition coefficient (Wildman–Crippen LogP) is 17.9. The maximum absolute atomic E-state index is 6.75. The average Bonchev–Trinajstić information content (AvgIpc) is 3.91. The van der Waals surface area contributed by atoms with Gasteiger partial charge in [-0.05, 0) is 194 Å². The van der Waals surface area contributed by atoms with Gasteiger partial charge in [-0.3, -0.25) is 0 Å². The van der Waals surface area contributed by atoms with Gasteiger partial charge in [-0.1, -0.05) is 132 Å². The molecule has 0 saturated heterocycles. The second kappa shape index (κ2) is 15.2. The van der Waals surface area contributed by atoms with Crippen LogP contribution in [-0.2, 0) is 32.5 Å². The quantitative estimate of drug-likeness (QED) is 0.178. The summed E-state index contributed by atoms with van der Waals surface area (Å²) in [5.41, 5.74) is 24.0. The minimum absolute atomic E-state index is 0.0140. The first-order valence-corrected chi connectivity index (χ1v) is 27.8. The summed E-state index contributed by atoms with van der Waals surface area (Å²) in [6.07, 6.45) is 7.04. The summed E-state index contributed by atoms with van der Waals surface area (Å²) in [5, 5.41) is 9.29. The summed E-state index contributed by atoms with van der Waals surface area (Å²) in [5.74, 6) is 0. The molecule has 13 rings (SSSR count). The second-order valence-electron chi connectivity index (χ2n) is 26.6. The smallest absolute Gasteiger partial charge is 0.199 e. The molecule has 7 aromatic carbocycles. The van der Waals surface area contributed by atoms with Gasteiger partial charge in [-0.2, -0.15) is 0 Å². The molecule has 1 N–H and O–H groups in total. The van der Waals surface area contributed by atoms with E-state index < -0.39 is 0 Å². The number of nitrogens with one attached hydrogen (secondary N) is 1. The lowest BCUT2D eigenvalue weighted by atomic mass is 9.56. The normalized spacial score (nSPS) is 19.6. The molecular formula is C67H71BN2OS. The third-order valence-corrected chi connectivity index (χ3v) is 20.2. The number of fused-ring (bicyclic) bond motifs is 13. The zero-order chi connectivity index (χ0) is 50.2. The summed E-state index contributed by atoms with van der Waals surface area (Å²) in [7, 11) is 0.775. The van der Waals surface area contributed by atoms with E-state index >= 15 is 0 Å². The third kappa shape index (κ3) is 6.74. The van der Waals surface area contributed by atoms with Crippen LogP contribution in [0.25, 0.3) is 53.2 Å². The molecule has 0 bridgehead atoms. The monoisotopic (exact) mass is 963 g/mol. The molecule has 72 heavy (non-hydrogen) atoms. The Kier molecular flexibility index (Phi) is 9.69. The van der Waals surface area contributed by atoms with Gasteiger partial charge in [0, 0.05) is 54.6 Å². The van der Waals surface area contributed by atoms with E-state index in [9.17, 15) is 0 Å². The second-order valence-corrected chi connectivity index (χ2v) is 27.6. The van der Waals surface area contributed by atoms with Crippen LogP contribution >= 0.6 is 11.3 Å². The van der Waals surface area contributed by atoms with Crippen molar-refractivity contribution in [2.75, 3.05) is 10.2 Å². The van der Waals surface area contributed by atoms with Crippen molar-refractivity contribution in [3.05, 3.63) is 148 Å². The fraction of sp³-hybridized carbons (Fsp3) is 0.373. The molecule has 0 radical (unpaired) electrons. The van der Waals surface area contributed by atoms with Gasteiger partial charge in [-0.15, -0.1) is 11.3 Å². The number of furan rings is 1. The fourth-order valence-electron chi connectivity index (χ4n) is 14.1. The van der Waals surface area contributed by atoms with E-state index in [-0.39, 0.29) is 32.5 Å². The number of para-hydroxylation sites is 1. The number of nitrogens with zero attached hydrogens (tertiary/aromatic N) is 1. The number of rotatable bonds is 4. The van der Waals surface area contributed by atoms with Crippen molar-refractivity contribution in [3.8, 4) is 11.1 Å². The molecule has 5 heteroatoms. The topological polar surface area (TPSA) is 28.4 Å². The predicted molar refractivity (Wildman–Crippen MR) is 313 cm³/mol. The standard InChI is InChI=1S/C67H71BN2OS/c1-38-32-46-50(67(12,13)31-28-63(46,4)5)37-53(38)70-52-24-25-55-57(41-19-14-16-20-54(41)71-55)59(52)68-58-43(34-44-40-18-15-17-21-56(40)72-61(44)60(58)70)42-35-48-49(66(10,11)30-29-65(48,8)9)36-51(42)69-39-22-23-45-47(33-39)64(6,7)27-26-62(45,2)3/h14-25,32-37,68-69H,26-31H2,1-13H3. The van der Waals surface area contributed by atoms with E-state index in [1.54, 1.807) is 0 Å². The molecule has 0 fully saturated rings. The Bertz CT molecular complexity index is 3800. The summed E-state index contributed by atoms with van der Waals surface area (Å²) in [6, 6.07) is 42.7. The molecule has 9 aromatic rings. The minimum Gasteiger partial charge on any atom is -0.456 e. The minimum atomic E-state index is 0.0140. The lowest BCUT2D eigenvalue weighted by Crippen LogP contribution is -2.42. The van der Waals surface area contributed by atoms with Crippen LogP contribution < -0.4 is 21.1 Å². The molecule has 3 heterocycles. The molecule has 2 aromatic heterocycles. The first-order chi connectivity index (χ1) is 34.0. The molecule has 3 aliphatic carbocycles. The molecule has 0 unspecified atom stereocenters. The van der Waals surface area contributed by atoms with Crippen LogP contribution in [0.1, 0.15) is 161 Å². The Morgan fingerprint density at radius 2 is 1.06 bits per heavy atom. The summed E-state index contributed by atoms with van der Waals surface area (Å²) in [4.78, 5) is 2.72. The van der Waals surface area contributed by atoms with Crippen LogP contribution in [0, 0.1) is 6.92 Å².